The Labute approximate surface area is 168 Å². The highest BCUT2D eigenvalue weighted by molar-refractivity contribution is 7.97. The van der Waals surface area contributed by atoms with E-state index < -0.39 is 0 Å². The lowest BCUT2D eigenvalue weighted by molar-refractivity contribution is 0.666. The van der Waals surface area contributed by atoms with E-state index in [0.717, 1.165) is 0 Å². The Balaban J connectivity index is 1.86. The molecule has 0 aromatic heterocycles. The quantitative estimate of drug-likeness (QED) is 0.282. The van der Waals surface area contributed by atoms with Gasteiger partial charge in [-0.05, 0) is 68.7 Å². The van der Waals surface area contributed by atoms with Crippen LogP contribution in [-0.2, 0) is 17.3 Å². The maximum absolute atomic E-state index is 2.35. The molecule has 0 atom stereocenters. The standard InChI is InChI=1S/C26H31S/c1-4-5-6-7-8-23-13-19-26(20-14-23)27(24-15-9-21(2)10-16-24)25-17-11-22(3)12-18-25/h9-20H,4-8H2,1-3H3/q+1. The van der Waals surface area contributed by atoms with Crippen LogP contribution in [0.1, 0.15) is 49.3 Å². The zero-order valence-corrected chi connectivity index (χ0v) is 17.7. The molecule has 0 aliphatic rings. The van der Waals surface area contributed by atoms with Crippen LogP contribution in [0.25, 0.3) is 0 Å². The SMILES string of the molecule is CCCCCCc1ccc([S+](c2ccc(C)cc2)c2ccc(C)cc2)cc1. The Morgan fingerprint density at radius 3 is 1.44 bits per heavy atom. The minimum absolute atomic E-state index is 0.0482. The largest absolute Gasteiger partial charge is 0.166 e. The first-order chi connectivity index (χ1) is 13.2. The van der Waals surface area contributed by atoms with Gasteiger partial charge in [0.2, 0.25) is 0 Å². The number of aryl methyl sites for hydroxylation is 3. The third-order valence-corrected chi connectivity index (χ3v) is 7.22. The Morgan fingerprint density at radius 2 is 1.00 bits per heavy atom. The smallest absolute Gasteiger partial charge is 0.0654 e. The minimum atomic E-state index is -0.0482. The zero-order valence-electron chi connectivity index (χ0n) is 16.9. The Morgan fingerprint density at radius 1 is 0.556 bits per heavy atom. The number of hydrogen-bond donors (Lipinski definition) is 0. The normalized spacial score (nSPS) is 11.1. The number of rotatable bonds is 8. The monoisotopic (exact) mass is 375 g/mol. The molecule has 0 spiro atoms. The van der Waals surface area contributed by atoms with E-state index in [1.807, 2.05) is 0 Å². The van der Waals surface area contributed by atoms with Crippen molar-refractivity contribution in [3.63, 3.8) is 0 Å². The maximum Gasteiger partial charge on any atom is 0.166 e. The summed E-state index contributed by atoms with van der Waals surface area (Å²) in [6, 6.07) is 27.4. The Hall–Kier alpha value is -1.99. The molecular formula is C26H31S+. The minimum Gasteiger partial charge on any atom is -0.0654 e. The summed E-state index contributed by atoms with van der Waals surface area (Å²) in [4.78, 5) is 4.18. The molecule has 0 amide bonds. The van der Waals surface area contributed by atoms with Crippen LogP contribution < -0.4 is 0 Å². The highest BCUT2D eigenvalue weighted by Gasteiger charge is 2.28. The summed E-state index contributed by atoms with van der Waals surface area (Å²) in [6.07, 6.45) is 6.49. The predicted molar refractivity (Wildman–Crippen MR) is 119 cm³/mol. The molecule has 0 saturated heterocycles. The van der Waals surface area contributed by atoms with E-state index in [1.165, 1.54) is 63.5 Å². The third kappa shape index (κ3) is 5.49. The Kier molecular flexibility index (Phi) is 7.18. The molecule has 0 fully saturated rings. The van der Waals surface area contributed by atoms with Gasteiger partial charge >= 0.3 is 0 Å². The molecule has 0 radical (unpaired) electrons. The van der Waals surface area contributed by atoms with Crippen molar-refractivity contribution < 1.29 is 0 Å². The van der Waals surface area contributed by atoms with E-state index in [4.69, 9.17) is 0 Å². The van der Waals surface area contributed by atoms with Gasteiger partial charge in [-0.1, -0.05) is 73.7 Å². The fourth-order valence-electron chi connectivity index (χ4n) is 3.31. The lowest BCUT2D eigenvalue weighted by Crippen LogP contribution is -2.05. The summed E-state index contributed by atoms with van der Waals surface area (Å²) in [6.45, 7) is 6.58. The van der Waals surface area contributed by atoms with Gasteiger partial charge in [0.25, 0.3) is 0 Å². The van der Waals surface area contributed by atoms with Crippen molar-refractivity contribution >= 4 is 10.9 Å². The summed E-state index contributed by atoms with van der Waals surface area (Å²) < 4.78 is 0. The summed E-state index contributed by atoms with van der Waals surface area (Å²) in [5.74, 6) is 0. The van der Waals surface area contributed by atoms with E-state index in [-0.39, 0.29) is 10.9 Å². The molecular weight excluding hydrogens is 344 g/mol. The van der Waals surface area contributed by atoms with Gasteiger partial charge in [-0.3, -0.25) is 0 Å². The van der Waals surface area contributed by atoms with E-state index in [2.05, 4.69) is 93.6 Å². The molecule has 3 rings (SSSR count). The lowest BCUT2D eigenvalue weighted by atomic mass is 10.1. The topological polar surface area (TPSA) is 0 Å². The molecule has 0 N–H and O–H groups in total. The van der Waals surface area contributed by atoms with Crippen molar-refractivity contribution in [2.24, 2.45) is 0 Å². The number of hydrogen-bond acceptors (Lipinski definition) is 0. The summed E-state index contributed by atoms with van der Waals surface area (Å²) >= 11 is 0. The Bertz CT molecular complexity index is 768. The average Bonchev–Trinajstić information content (AvgIpc) is 2.69. The van der Waals surface area contributed by atoms with Crippen LogP contribution >= 0.6 is 0 Å². The lowest BCUT2D eigenvalue weighted by Gasteiger charge is -2.09. The molecule has 0 bridgehead atoms. The van der Waals surface area contributed by atoms with E-state index in [0.29, 0.717) is 0 Å². The molecule has 0 aliphatic carbocycles. The van der Waals surface area contributed by atoms with Crippen LogP contribution in [0.15, 0.2) is 87.5 Å². The second kappa shape index (κ2) is 9.80. The van der Waals surface area contributed by atoms with Crippen molar-refractivity contribution in [3.05, 3.63) is 89.5 Å². The molecule has 0 saturated carbocycles. The summed E-state index contributed by atoms with van der Waals surface area (Å²) in [5, 5.41) is 0. The van der Waals surface area contributed by atoms with Crippen LogP contribution in [0.2, 0.25) is 0 Å². The average molecular weight is 376 g/mol. The van der Waals surface area contributed by atoms with Crippen LogP contribution in [-0.4, -0.2) is 0 Å². The van der Waals surface area contributed by atoms with E-state index >= 15 is 0 Å². The molecule has 0 nitrogen and oxygen atoms in total. The first-order valence-electron chi connectivity index (χ1n) is 10.1. The van der Waals surface area contributed by atoms with E-state index in [9.17, 15) is 0 Å². The molecule has 3 aromatic rings. The fourth-order valence-corrected chi connectivity index (χ4v) is 5.35. The summed E-state index contributed by atoms with van der Waals surface area (Å²) in [7, 11) is -0.0482. The molecule has 0 heterocycles. The van der Waals surface area contributed by atoms with E-state index in [1.54, 1.807) is 0 Å². The highest BCUT2D eigenvalue weighted by atomic mass is 32.2. The molecule has 27 heavy (non-hydrogen) atoms. The van der Waals surface area contributed by atoms with Gasteiger partial charge in [0.05, 0.1) is 10.9 Å². The van der Waals surface area contributed by atoms with Crippen molar-refractivity contribution in [2.75, 3.05) is 0 Å². The van der Waals surface area contributed by atoms with Crippen molar-refractivity contribution in [2.45, 2.75) is 67.6 Å². The third-order valence-electron chi connectivity index (χ3n) is 4.99. The van der Waals surface area contributed by atoms with Crippen molar-refractivity contribution in [1.29, 1.82) is 0 Å². The summed E-state index contributed by atoms with van der Waals surface area (Å²) in [5.41, 5.74) is 4.09. The van der Waals surface area contributed by atoms with Crippen LogP contribution in [0.4, 0.5) is 0 Å². The van der Waals surface area contributed by atoms with Gasteiger partial charge in [0.15, 0.2) is 14.7 Å². The molecule has 0 aliphatic heterocycles. The maximum atomic E-state index is 2.35. The van der Waals surface area contributed by atoms with Gasteiger partial charge in [-0.25, -0.2) is 0 Å². The van der Waals surface area contributed by atoms with Gasteiger partial charge < -0.3 is 0 Å². The van der Waals surface area contributed by atoms with Gasteiger partial charge in [-0.2, -0.15) is 0 Å². The zero-order chi connectivity index (χ0) is 19.1. The van der Waals surface area contributed by atoms with Crippen LogP contribution in [0.5, 0.6) is 0 Å². The van der Waals surface area contributed by atoms with Gasteiger partial charge in [0, 0.05) is 0 Å². The second-order valence-corrected chi connectivity index (χ2v) is 9.41. The fraction of sp³-hybridized carbons (Fsp3) is 0.308. The van der Waals surface area contributed by atoms with Crippen molar-refractivity contribution in [1.82, 2.24) is 0 Å². The molecule has 3 aromatic carbocycles. The second-order valence-electron chi connectivity index (χ2n) is 7.39. The first-order valence-corrected chi connectivity index (χ1v) is 11.4. The number of benzene rings is 3. The van der Waals surface area contributed by atoms with Gasteiger partial charge in [0.1, 0.15) is 0 Å². The van der Waals surface area contributed by atoms with Crippen LogP contribution in [0, 0.1) is 13.8 Å². The first kappa shape index (κ1) is 19.8. The van der Waals surface area contributed by atoms with Crippen LogP contribution in [0.3, 0.4) is 0 Å². The molecule has 140 valence electrons. The van der Waals surface area contributed by atoms with Crippen molar-refractivity contribution in [3.8, 4) is 0 Å². The molecule has 0 unspecified atom stereocenters. The van der Waals surface area contributed by atoms with Gasteiger partial charge in [-0.15, -0.1) is 0 Å². The predicted octanol–water partition coefficient (Wildman–Crippen LogP) is 7.52. The molecule has 1 heteroatoms. The number of unbranched alkanes of at least 4 members (excludes halogenated alkanes) is 3. The highest BCUT2D eigenvalue weighted by Crippen LogP contribution is 2.31.